The van der Waals surface area contributed by atoms with E-state index in [1.54, 1.807) is 0 Å². The molecule has 0 N–H and O–H groups in total. The SMILES string of the molecule is CC(C)C(C)(C)[Si]12[Se][Si](C(C)(C)C(C)C)([Se]1)[Se][Si]1(C(C)(C)C(C)C)[Se][Si](C(C)(C)C(C)C)([Se]1)[Se]2. The van der Waals surface area contributed by atoms with Gasteiger partial charge in [0.05, 0.1) is 0 Å². The molecule has 6 saturated heterocycles. The molecular weight excluding hydrogens is 874 g/mol. The van der Waals surface area contributed by atoms with Crippen LogP contribution in [0.25, 0.3) is 0 Å². The van der Waals surface area contributed by atoms with Crippen LogP contribution in [0.5, 0.6) is 0 Å². The fraction of sp³-hybridized carbons (Fsp3) is 1.00. The van der Waals surface area contributed by atoms with Crippen LogP contribution in [0, 0.1) is 23.7 Å². The first kappa shape index (κ1) is 32.5. The zero-order valence-electron chi connectivity index (χ0n) is 24.8. The molecule has 0 radical (unpaired) electrons. The maximum atomic E-state index is 2.83. The number of hydrogen-bond acceptors (Lipinski definition) is 0. The fourth-order valence-corrected chi connectivity index (χ4v) is 796. The molecular formula is C24H52Se6Si4. The van der Waals surface area contributed by atoms with E-state index in [4.69, 9.17) is 0 Å². The summed E-state index contributed by atoms with van der Waals surface area (Å²) in [5.41, 5.74) is 0. The van der Waals surface area contributed by atoms with Crippen LogP contribution in [0.3, 0.4) is 0 Å². The molecule has 10 heteroatoms. The Kier molecular flexibility index (Phi) is 9.35. The van der Waals surface area contributed by atoms with Crippen molar-refractivity contribution in [2.75, 3.05) is 0 Å². The second-order valence-corrected chi connectivity index (χ2v) is 145. The van der Waals surface area contributed by atoms with Crippen molar-refractivity contribution in [3.63, 3.8) is 0 Å². The molecule has 0 atom stereocenters. The van der Waals surface area contributed by atoms with Crippen LogP contribution >= 0.6 is 0 Å². The molecule has 6 rings (SSSR count). The molecule has 0 amide bonds. The predicted molar refractivity (Wildman–Crippen MR) is 173 cm³/mol. The summed E-state index contributed by atoms with van der Waals surface area (Å²) in [7, 11) is 0. The minimum atomic E-state index is -1.09. The standard InChI is InChI=1S/C24H52Se6Si4/c1-17(2)21(9,10)31-25-32(26-31,22(11,12)18(3)4)30-34(24(15,16)20(7)8)27-33(28-34,29-31)23(13,14)19(5)6/h17-20H,1-16H3. The zero-order chi connectivity index (χ0) is 26.6. The Morgan fingerprint density at radius 3 is 0.529 bits per heavy atom. The summed E-state index contributed by atoms with van der Waals surface area (Å²) in [5, 5.41) is 2.88. The van der Waals surface area contributed by atoms with Crippen molar-refractivity contribution < 1.29 is 0 Å². The Hall–Kier alpha value is 3.98. The Bertz CT molecular complexity index is 667. The second-order valence-electron chi connectivity index (χ2n) is 14.3. The van der Waals surface area contributed by atoms with Gasteiger partial charge in [-0.3, -0.25) is 0 Å². The van der Waals surface area contributed by atoms with Crippen LogP contribution in [-0.4, -0.2) is 97.6 Å². The van der Waals surface area contributed by atoms with Gasteiger partial charge in [-0.05, 0) is 0 Å². The monoisotopic (exact) mass is 932 g/mol. The van der Waals surface area contributed by atoms with E-state index in [2.05, 4.69) is 111 Å². The normalized spacial score (nSPS) is 37.1. The molecule has 6 aliphatic rings. The van der Waals surface area contributed by atoms with Crippen molar-refractivity contribution >= 4 is 97.6 Å². The summed E-state index contributed by atoms with van der Waals surface area (Å²) in [6.45, 7) is 43.7. The van der Waals surface area contributed by atoms with Gasteiger partial charge in [0.2, 0.25) is 0 Å². The van der Waals surface area contributed by atoms with E-state index in [9.17, 15) is 0 Å². The Morgan fingerprint density at radius 2 is 0.441 bits per heavy atom. The fourth-order valence-electron chi connectivity index (χ4n) is 4.24. The van der Waals surface area contributed by atoms with Gasteiger partial charge in [-0.2, -0.15) is 0 Å². The van der Waals surface area contributed by atoms with Crippen LogP contribution in [-0.2, 0) is 0 Å². The molecule has 6 fully saturated rings. The molecule has 0 aromatic rings. The molecule has 0 aromatic carbocycles. The summed E-state index contributed by atoms with van der Waals surface area (Å²) in [4.78, 5) is 0. The molecule has 0 saturated carbocycles. The van der Waals surface area contributed by atoms with E-state index in [1.807, 2.05) is 0 Å². The molecule has 6 aliphatic heterocycles. The van der Waals surface area contributed by atoms with Crippen molar-refractivity contribution in [1.29, 1.82) is 0 Å². The van der Waals surface area contributed by atoms with Crippen LogP contribution in [0.1, 0.15) is 111 Å². The van der Waals surface area contributed by atoms with E-state index >= 15 is 0 Å². The summed E-state index contributed by atoms with van der Waals surface area (Å²) in [5.74, 6) is 3.64. The topological polar surface area (TPSA) is 0 Å². The second kappa shape index (κ2) is 9.78. The average molecular weight is 927 g/mol. The van der Waals surface area contributed by atoms with Crippen molar-refractivity contribution in [3.8, 4) is 0 Å². The quantitative estimate of drug-likeness (QED) is 0.273. The molecule has 200 valence electrons. The van der Waals surface area contributed by atoms with Crippen molar-refractivity contribution in [3.05, 3.63) is 0 Å². The Morgan fingerprint density at radius 1 is 0.324 bits per heavy atom. The first-order valence-corrected chi connectivity index (χ1v) is 51.0. The molecule has 34 heavy (non-hydrogen) atoms. The van der Waals surface area contributed by atoms with Crippen LogP contribution in [0.4, 0.5) is 0 Å². The van der Waals surface area contributed by atoms with Gasteiger partial charge in [0.15, 0.2) is 0 Å². The molecule has 0 aliphatic carbocycles. The van der Waals surface area contributed by atoms with E-state index in [0.29, 0.717) is 0 Å². The maximum absolute atomic E-state index is 2.83. The molecule has 0 aromatic heterocycles. The van der Waals surface area contributed by atoms with Gasteiger partial charge in [-0.25, -0.2) is 0 Å². The summed E-state index contributed by atoms with van der Waals surface area (Å²) in [6, 6.07) is 0. The van der Waals surface area contributed by atoms with E-state index < -0.39 is 15.6 Å². The molecule has 0 unspecified atom stereocenters. The third-order valence-electron chi connectivity index (χ3n) is 10.5. The van der Waals surface area contributed by atoms with Crippen LogP contribution in [0.2, 0.25) is 20.2 Å². The van der Waals surface area contributed by atoms with Gasteiger partial charge >= 0.3 is 252 Å². The van der Waals surface area contributed by atoms with Crippen molar-refractivity contribution in [1.82, 2.24) is 0 Å². The third kappa shape index (κ3) is 4.41. The molecule has 6 heterocycles. The van der Waals surface area contributed by atoms with Gasteiger partial charge in [0.25, 0.3) is 0 Å². The third-order valence-corrected chi connectivity index (χ3v) is 329. The zero-order valence-corrected chi connectivity index (χ0v) is 39.0. The average Bonchev–Trinajstić information content (AvgIpc) is 2.57. The predicted octanol–water partition coefficient (Wildman–Crippen LogP) is 5.75. The summed E-state index contributed by atoms with van der Waals surface area (Å²) >= 11 is 6.78. The molecule has 0 nitrogen and oxygen atoms in total. The molecule has 4 bridgehead atoms. The van der Waals surface area contributed by atoms with Gasteiger partial charge < -0.3 is 0 Å². The van der Waals surface area contributed by atoms with Crippen LogP contribution < -0.4 is 0 Å². The van der Waals surface area contributed by atoms with Gasteiger partial charge in [-0.1, -0.05) is 0 Å². The van der Waals surface area contributed by atoms with Gasteiger partial charge in [0, 0.05) is 0 Å². The van der Waals surface area contributed by atoms with E-state index in [1.165, 1.54) is 0 Å². The summed E-state index contributed by atoms with van der Waals surface area (Å²) in [6.07, 6.45) is 0. The number of rotatable bonds is 8. The minimum absolute atomic E-state index is 0.719. The van der Waals surface area contributed by atoms with E-state index in [-0.39, 0.29) is 0 Å². The Labute approximate surface area is 249 Å². The van der Waals surface area contributed by atoms with Crippen molar-refractivity contribution in [2.45, 2.75) is 131 Å². The first-order valence-electron chi connectivity index (χ1n) is 13.2. The molecule has 0 spiro atoms. The van der Waals surface area contributed by atoms with Gasteiger partial charge in [0.1, 0.15) is 0 Å². The first-order chi connectivity index (χ1) is 15.0. The number of hydrogen-bond donors (Lipinski definition) is 0. The van der Waals surface area contributed by atoms with Gasteiger partial charge in [-0.15, -0.1) is 0 Å². The van der Waals surface area contributed by atoms with Crippen molar-refractivity contribution in [2.24, 2.45) is 23.7 Å². The van der Waals surface area contributed by atoms with E-state index in [0.717, 1.165) is 126 Å². The van der Waals surface area contributed by atoms with Crippen LogP contribution in [0.15, 0.2) is 0 Å². The summed E-state index contributed by atoms with van der Waals surface area (Å²) < 4.78 is -4.35. The Balaban J connectivity index is 2.25.